The number of hydrogen-bond donors (Lipinski definition) is 1. The minimum atomic E-state index is -3.43. The van der Waals surface area contributed by atoms with Gasteiger partial charge in [-0.1, -0.05) is 6.07 Å². The summed E-state index contributed by atoms with van der Waals surface area (Å²) in [6.45, 7) is 3.50. The molecule has 1 aromatic heterocycles. The van der Waals surface area contributed by atoms with Crippen molar-refractivity contribution >= 4 is 38.1 Å². The molecule has 0 atom stereocenters. The van der Waals surface area contributed by atoms with E-state index in [1.54, 1.807) is 6.92 Å². The maximum atomic E-state index is 12.7. The van der Waals surface area contributed by atoms with Gasteiger partial charge >= 0.3 is 5.97 Å². The van der Waals surface area contributed by atoms with E-state index >= 15 is 0 Å². The summed E-state index contributed by atoms with van der Waals surface area (Å²) in [6.07, 6.45) is 1.79. The molecule has 0 unspecified atom stereocenters. The van der Waals surface area contributed by atoms with E-state index in [1.165, 1.54) is 35.6 Å². The van der Waals surface area contributed by atoms with Crippen molar-refractivity contribution in [2.45, 2.75) is 24.8 Å². The molecule has 0 bridgehead atoms. The monoisotopic (exact) mass is 422 g/mol. The maximum Gasteiger partial charge on any atom is 0.341 e. The molecule has 0 fully saturated rings. The van der Waals surface area contributed by atoms with Gasteiger partial charge in [-0.15, -0.1) is 11.3 Å². The molecular weight excluding hydrogens is 400 g/mol. The summed E-state index contributed by atoms with van der Waals surface area (Å²) < 4.78 is 28.7. The van der Waals surface area contributed by atoms with Crippen LogP contribution in [0.1, 0.15) is 38.1 Å². The number of amides is 1. The number of carbonyl (C=O) groups excluding carboxylic acids is 2. The fourth-order valence-corrected chi connectivity index (χ4v) is 5.06. The molecule has 28 heavy (non-hydrogen) atoms. The van der Waals surface area contributed by atoms with E-state index in [0.717, 1.165) is 23.2 Å². The zero-order chi connectivity index (χ0) is 20.5. The van der Waals surface area contributed by atoms with E-state index in [2.05, 4.69) is 10.2 Å². The average molecular weight is 423 g/mol. The first-order valence-corrected chi connectivity index (χ1v) is 11.5. The number of nitrogens with zero attached hydrogens (tertiary/aromatic N) is 1. The zero-order valence-corrected chi connectivity index (χ0v) is 17.6. The Morgan fingerprint density at radius 1 is 1.32 bits per heavy atom. The van der Waals surface area contributed by atoms with Gasteiger partial charge in [0.05, 0.1) is 17.1 Å². The first-order chi connectivity index (χ1) is 13.2. The highest BCUT2D eigenvalue weighted by Gasteiger charge is 2.28. The molecule has 1 aliphatic rings. The number of anilines is 1. The second-order valence-corrected chi connectivity index (χ2v) is 9.79. The van der Waals surface area contributed by atoms with Crippen molar-refractivity contribution in [1.82, 2.24) is 4.90 Å². The molecule has 0 saturated heterocycles. The lowest BCUT2D eigenvalue weighted by molar-refractivity contribution is 0.0526. The third-order valence-electron chi connectivity index (χ3n) is 4.48. The molecule has 0 aliphatic carbocycles. The molecule has 1 amide bonds. The van der Waals surface area contributed by atoms with Crippen LogP contribution in [-0.2, 0) is 27.5 Å². The fourth-order valence-electron chi connectivity index (χ4n) is 3.08. The average Bonchev–Trinajstić information content (AvgIpc) is 2.98. The third-order valence-corrected chi connectivity index (χ3v) is 6.72. The number of ether oxygens (including phenoxy) is 1. The van der Waals surface area contributed by atoms with Crippen LogP contribution >= 0.6 is 11.3 Å². The van der Waals surface area contributed by atoms with E-state index in [4.69, 9.17) is 4.74 Å². The standard InChI is InChI=1S/C19H22N2O5S2/c1-4-26-19(23)16-14-8-9-21(2)11-15(14)27-18(16)20-17(22)12-6-5-7-13(10-12)28(3,24)25/h5-7,10H,4,8-9,11H2,1-3H3,(H,20,22). The van der Waals surface area contributed by atoms with E-state index in [-0.39, 0.29) is 17.1 Å². The van der Waals surface area contributed by atoms with Crippen LogP contribution in [0.2, 0.25) is 0 Å². The van der Waals surface area contributed by atoms with Crippen LogP contribution in [0.15, 0.2) is 29.2 Å². The molecule has 1 N–H and O–H groups in total. The van der Waals surface area contributed by atoms with Gasteiger partial charge < -0.3 is 15.0 Å². The van der Waals surface area contributed by atoms with Crippen molar-refractivity contribution in [3.05, 3.63) is 45.8 Å². The van der Waals surface area contributed by atoms with Gasteiger partial charge in [0.2, 0.25) is 0 Å². The zero-order valence-electron chi connectivity index (χ0n) is 15.9. The molecule has 2 heterocycles. The quantitative estimate of drug-likeness (QED) is 0.745. The number of likely N-dealkylation sites (N-methyl/N-ethyl adjacent to an activating group) is 1. The lowest BCUT2D eigenvalue weighted by atomic mass is 10.0. The molecule has 1 aromatic carbocycles. The fraction of sp³-hybridized carbons (Fsp3) is 0.368. The van der Waals surface area contributed by atoms with Crippen LogP contribution in [0.4, 0.5) is 5.00 Å². The number of hydrogen-bond acceptors (Lipinski definition) is 7. The van der Waals surface area contributed by atoms with Crippen LogP contribution < -0.4 is 5.32 Å². The van der Waals surface area contributed by atoms with Crippen LogP contribution in [0.5, 0.6) is 0 Å². The minimum absolute atomic E-state index is 0.0675. The van der Waals surface area contributed by atoms with Crippen molar-refractivity contribution in [1.29, 1.82) is 0 Å². The van der Waals surface area contributed by atoms with Crippen molar-refractivity contribution in [3.63, 3.8) is 0 Å². The van der Waals surface area contributed by atoms with Gasteiger partial charge in [-0.25, -0.2) is 13.2 Å². The van der Waals surface area contributed by atoms with Crippen molar-refractivity contribution < 1.29 is 22.7 Å². The molecule has 2 aromatic rings. The van der Waals surface area contributed by atoms with Gasteiger partial charge in [-0.2, -0.15) is 0 Å². The van der Waals surface area contributed by atoms with Gasteiger partial charge in [0, 0.05) is 29.8 Å². The first-order valence-electron chi connectivity index (χ1n) is 8.82. The Labute approximate surface area is 168 Å². The van der Waals surface area contributed by atoms with E-state index in [1.807, 2.05) is 7.05 Å². The molecule has 150 valence electrons. The molecule has 9 heteroatoms. The summed E-state index contributed by atoms with van der Waals surface area (Å²) in [4.78, 5) is 28.5. The number of sulfone groups is 1. The number of rotatable bonds is 5. The molecule has 0 spiro atoms. The predicted molar refractivity (Wildman–Crippen MR) is 108 cm³/mol. The molecule has 7 nitrogen and oxygen atoms in total. The number of nitrogens with one attached hydrogen (secondary N) is 1. The van der Waals surface area contributed by atoms with Crippen molar-refractivity contribution in [2.75, 3.05) is 31.8 Å². The van der Waals surface area contributed by atoms with Crippen LogP contribution in [0, 0.1) is 0 Å². The molecule has 0 radical (unpaired) electrons. The smallest absolute Gasteiger partial charge is 0.341 e. The van der Waals surface area contributed by atoms with Gasteiger partial charge in [0.15, 0.2) is 9.84 Å². The van der Waals surface area contributed by atoms with Gasteiger partial charge in [0.1, 0.15) is 5.00 Å². The van der Waals surface area contributed by atoms with Crippen LogP contribution in [0.25, 0.3) is 0 Å². The molecule has 3 rings (SSSR count). The minimum Gasteiger partial charge on any atom is -0.462 e. The Morgan fingerprint density at radius 3 is 2.75 bits per heavy atom. The van der Waals surface area contributed by atoms with Crippen molar-refractivity contribution in [3.8, 4) is 0 Å². The second-order valence-electron chi connectivity index (χ2n) is 6.67. The highest BCUT2D eigenvalue weighted by molar-refractivity contribution is 7.90. The number of esters is 1. The Balaban J connectivity index is 1.96. The van der Waals surface area contributed by atoms with Gasteiger partial charge in [-0.3, -0.25) is 4.79 Å². The van der Waals surface area contributed by atoms with Gasteiger partial charge in [0.25, 0.3) is 5.91 Å². The number of carbonyl (C=O) groups is 2. The number of fused-ring (bicyclic) bond motifs is 1. The predicted octanol–water partition coefficient (Wildman–Crippen LogP) is 2.57. The Morgan fingerprint density at radius 2 is 2.07 bits per heavy atom. The van der Waals surface area contributed by atoms with Crippen molar-refractivity contribution in [2.24, 2.45) is 0 Å². The normalized spacial score (nSPS) is 14.4. The summed E-state index contributed by atoms with van der Waals surface area (Å²) in [5.41, 5.74) is 1.53. The highest BCUT2D eigenvalue weighted by atomic mass is 32.2. The molecular formula is C19H22N2O5S2. The lowest BCUT2D eigenvalue weighted by Crippen LogP contribution is -2.26. The molecule has 1 aliphatic heterocycles. The Kier molecular flexibility index (Phi) is 5.87. The number of thiophene rings is 1. The van der Waals surface area contributed by atoms with Crippen LogP contribution in [-0.4, -0.2) is 51.6 Å². The maximum absolute atomic E-state index is 12.7. The summed E-state index contributed by atoms with van der Waals surface area (Å²) in [7, 11) is -1.42. The van der Waals surface area contributed by atoms with E-state index < -0.39 is 21.7 Å². The Hall–Kier alpha value is -2.23. The SMILES string of the molecule is CCOC(=O)c1c(NC(=O)c2cccc(S(C)(=O)=O)c2)sc2c1CCN(C)C2. The summed E-state index contributed by atoms with van der Waals surface area (Å²) in [6, 6.07) is 5.83. The molecule has 0 saturated carbocycles. The summed E-state index contributed by atoms with van der Waals surface area (Å²) in [5, 5.41) is 3.22. The van der Waals surface area contributed by atoms with E-state index in [9.17, 15) is 18.0 Å². The largest absolute Gasteiger partial charge is 0.462 e. The van der Waals surface area contributed by atoms with E-state index in [0.29, 0.717) is 23.5 Å². The topological polar surface area (TPSA) is 92.8 Å². The number of benzene rings is 1. The van der Waals surface area contributed by atoms with Crippen LogP contribution in [0.3, 0.4) is 0 Å². The lowest BCUT2D eigenvalue weighted by Gasteiger charge is -2.22. The van der Waals surface area contributed by atoms with Gasteiger partial charge in [-0.05, 0) is 44.2 Å². The summed E-state index contributed by atoms with van der Waals surface area (Å²) >= 11 is 1.36. The third kappa shape index (κ3) is 4.26. The Bertz CT molecular complexity index is 1030. The summed E-state index contributed by atoms with van der Waals surface area (Å²) in [5.74, 6) is -0.923. The second kappa shape index (κ2) is 8.02. The first kappa shape index (κ1) is 20.5. The highest BCUT2D eigenvalue weighted by Crippen LogP contribution is 2.37.